The minimum absolute atomic E-state index is 1.09. The average molecular weight is 635 g/mol. The fourth-order valence-corrected chi connectivity index (χ4v) is 6.51. The lowest BCUT2D eigenvalue weighted by atomic mass is 9.84. The molecule has 47 heavy (non-hydrogen) atoms. The quantitative estimate of drug-likeness (QED) is 0.145. The van der Waals surface area contributed by atoms with Crippen molar-refractivity contribution in [2.24, 2.45) is 0 Å². The maximum Gasteiger partial charge on any atom is -0.0148 e. The maximum absolute atomic E-state index is 3.00. The monoisotopic (exact) mass is 635 g/mol. The number of rotatable bonds is 11. The van der Waals surface area contributed by atoms with Crippen molar-refractivity contribution >= 4 is 5.57 Å². The van der Waals surface area contributed by atoms with E-state index in [1.807, 2.05) is 27.7 Å². The average Bonchev–Trinajstić information content (AvgIpc) is 3.16. The summed E-state index contributed by atoms with van der Waals surface area (Å²) < 4.78 is 0. The van der Waals surface area contributed by atoms with E-state index in [0.29, 0.717) is 0 Å². The van der Waals surface area contributed by atoms with Gasteiger partial charge in [-0.3, -0.25) is 0 Å². The van der Waals surface area contributed by atoms with Crippen LogP contribution in [-0.2, 0) is 32.1 Å². The van der Waals surface area contributed by atoms with E-state index in [1.54, 1.807) is 5.57 Å². The highest BCUT2D eigenvalue weighted by Crippen LogP contribution is 2.34. The third-order valence-electron chi connectivity index (χ3n) is 9.24. The number of benzene rings is 3. The van der Waals surface area contributed by atoms with Gasteiger partial charge < -0.3 is 0 Å². The van der Waals surface area contributed by atoms with Crippen molar-refractivity contribution in [1.82, 2.24) is 0 Å². The molecule has 5 rings (SSSR count). The van der Waals surface area contributed by atoms with Crippen LogP contribution < -0.4 is 0 Å². The van der Waals surface area contributed by atoms with Crippen LogP contribution in [0.2, 0.25) is 0 Å². The fourth-order valence-electron chi connectivity index (χ4n) is 6.51. The molecule has 0 aliphatic heterocycles. The van der Waals surface area contributed by atoms with E-state index in [-0.39, 0.29) is 0 Å². The summed E-state index contributed by atoms with van der Waals surface area (Å²) in [4.78, 5) is 0. The van der Waals surface area contributed by atoms with Gasteiger partial charge in [-0.25, -0.2) is 0 Å². The van der Waals surface area contributed by atoms with E-state index >= 15 is 0 Å². The zero-order chi connectivity index (χ0) is 34.9. The van der Waals surface area contributed by atoms with E-state index in [1.165, 1.54) is 108 Å². The number of allylic oxidation sites excluding steroid dienone is 3. The molecule has 0 aromatic heterocycles. The topological polar surface area (TPSA) is 0 Å². The van der Waals surface area contributed by atoms with Crippen molar-refractivity contribution in [3.63, 3.8) is 0 Å². The van der Waals surface area contributed by atoms with Crippen LogP contribution in [0.4, 0.5) is 0 Å². The molecule has 0 atom stereocenters. The summed E-state index contributed by atoms with van der Waals surface area (Å²) in [6, 6.07) is 23.0. The van der Waals surface area contributed by atoms with Gasteiger partial charge in [0, 0.05) is 0 Å². The van der Waals surface area contributed by atoms with Gasteiger partial charge in [-0.05, 0) is 134 Å². The summed E-state index contributed by atoms with van der Waals surface area (Å²) in [6.45, 7) is 23.1. The Hall–Kier alpha value is -3.12. The van der Waals surface area contributed by atoms with Crippen LogP contribution in [0.3, 0.4) is 0 Å². The Morgan fingerprint density at radius 1 is 0.617 bits per heavy atom. The molecule has 0 amide bonds. The molecule has 3 aromatic carbocycles. The highest BCUT2D eigenvalue weighted by Gasteiger charge is 2.16. The van der Waals surface area contributed by atoms with Gasteiger partial charge in [0.25, 0.3) is 0 Å². The van der Waals surface area contributed by atoms with E-state index < -0.39 is 0 Å². The van der Waals surface area contributed by atoms with Crippen LogP contribution in [0, 0.1) is 6.92 Å². The Morgan fingerprint density at radius 2 is 1.30 bits per heavy atom. The Morgan fingerprint density at radius 3 is 1.94 bits per heavy atom. The van der Waals surface area contributed by atoms with Crippen molar-refractivity contribution in [3.05, 3.63) is 136 Å². The normalized spacial score (nSPS) is 12.9. The SMILES string of the molecule is C=C.CC.CC.CCCCCCC1=CCCCC1.CCc1ccc(CCc2cc(C3=CCCc4ccccc43)cc(CC)c2C)cc1. The second-order valence-electron chi connectivity index (χ2n) is 12.2. The zero-order valence-electron chi connectivity index (χ0n) is 31.9. The predicted molar refractivity (Wildman–Crippen MR) is 215 cm³/mol. The van der Waals surface area contributed by atoms with E-state index in [4.69, 9.17) is 0 Å². The molecule has 0 N–H and O–H groups in total. The molecular weight excluding hydrogens is 565 g/mol. The summed E-state index contributed by atoms with van der Waals surface area (Å²) in [5, 5.41) is 0. The van der Waals surface area contributed by atoms with Crippen LogP contribution in [0.5, 0.6) is 0 Å². The van der Waals surface area contributed by atoms with Gasteiger partial charge in [-0.2, -0.15) is 0 Å². The summed E-state index contributed by atoms with van der Waals surface area (Å²) in [7, 11) is 0. The number of hydrogen-bond donors (Lipinski definition) is 0. The Labute approximate surface area is 292 Å². The standard InChI is InChI=1S/C29H32.C12H22.2C2H6.C2H4/c1-4-22-13-15-23(16-14-22)17-18-26-20-27(19-24(5-2)21(26)3)29-12-8-10-25-9-6-7-11-28(25)29;1-2-3-4-6-9-12-10-7-5-8-11-12;3*1-2/h6-7,9,11-16,19-20H,4-5,8,10,17-18H2,1-3H3;10H,2-9,11H2,1H3;2*1-2H3;1-2H2. The Bertz CT molecular complexity index is 1300. The summed E-state index contributed by atoms with van der Waals surface area (Å²) in [6.07, 6.45) is 24.3. The van der Waals surface area contributed by atoms with Crippen molar-refractivity contribution < 1.29 is 0 Å². The molecule has 0 saturated carbocycles. The van der Waals surface area contributed by atoms with Gasteiger partial charge >= 0.3 is 0 Å². The minimum Gasteiger partial charge on any atom is -0.106 e. The lowest BCUT2D eigenvalue weighted by Crippen LogP contribution is -2.04. The Kier molecular flexibility index (Phi) is 23.1. The second kappa shape index (κ2) is 25.9. The zero-order valence-corrected chi connectivity index (χ0v) is 31.9. The molecule has 0 bridgehead atoms. The van der Waals surface area contributed by atoms with Gasteiger partial charge in [-0.15, -0.1) is 13.2 Å². The first-order valence-corrected chi connectivity index (χ1v) is 19.3. The van der Waals surface area contributed by atoms with Gasteiger partial charge in [0.05, 0.1) is 0 Å². The number of aryl methyl sites for hydroxylation is 5. The lowest BCUT2D eigenvalue weighted by molar-refractivity contribution is 0.622. The smallest absolute Gasteiger partial charge is 0.0148 e. The van der Waals surface area contributed by atoms with Crippen LogP contribution in [-0.4, -0.2) is 0 Å². The molecule has 0 spiro atoms. The Balaban J connectivity index is 0.000000514. The number of fused-ring (bicyclic) bond motifs is 1. The van der Waals surface area contributed by atoms with Gasteiger partial charge in [0.1, 0.15) is 0 Å². The summed E-state index contributed by atoms with van der Waals surface area (Å²) in [5.74, 6) is 0. The molecule has 3 aromatic rings. The first-order chi connectivity index (χ1) is 23.1. The molecule has 0 radical (unpaired) electrons. The molecule has 2 aliphatic carbocycles. The number of unbranched alkanes of at least 4 members (excludes halogenated alkanes) is 3. The molecule has 0 heterocycles. The van der Waals surface area contributed by atoms with Crippen molar-refractivity contribution in [1.29, 1.82) is 0 Å². The summed E-state index contributed by atoms with van der Waals surface area (Å²) in [5.41, 5.74) is 14.8. The number of hydrogen-bond acceptors (Lipinski definition) is 0. The predicted octanol–water partition coefficient (Wildman–Crippen LogP) is 14.6. The molecular formula is C47H70. The highest BCUT2D eigenvalue weighted by molar-refractivity contribution is 5.83. The van der Waals surface area contributed by atoms with Crippen LogP contribution in [0.15, 0.2) is 91.5 Å². The molecule has 0 unspecified atom stereocenters. The first-order valence-electron chi connectivity index (χ1n) is 19.3. The van der Waals surface area contributed by atoms with E-state index in [9.17, 15) is 0 Å². The van der Waals surface area contributed by atoms with Crippen molar-refractivity contribution in [2.45, 2.75) is 152 Å². The fraction of sp³-hybridized carbons (Fsp3) is 0.489. The highest BCUT2D eigenvalue weighted by atomic mass is 14.2. The molecule has 0 fully saturated rings. The van der Waals surface area contributed by atoms with Crippen LogP contribution in [0.1, 0.15) is 157 Å². The molecule has 0 heteroatoms. The molecule has 0 saturated heterocycles. The van der Waals surface area contributed by atoms with Crippen LogP contribution >= 0.6 is 0 Å². The maximum atomic E-state index is 3.00. The third-order valence-corrected chi connectivity index (χ3v) is 9.24. The van der Waals surface area contributed by atoms with E-state index in [0.717, 1.165) is 38.5 Å². The van der Waals surface area contributed by atoms with Crippen molar-refractivity contribution in [2.75, 3.05) is 0 Å². The van der Waals surface area contributed by atoms with Gasteiger partial charge in [-0.1, -0.05) is 146 Å². The summed E-state index contributed by atoms with van der Waals surface area (Å²) >= 11 is 0. The largest absolute Gasteiger partial charge is 0.106 e. The van der Waals surface area contributed by atoms with Gasteiger partial charge in [0.15, 0.2) is 0 Å². The molecule has 2 aliphatic rings. The molecule has 258 valence electrons. The second-order valence-corrected chi connectivity index (χ2v) is 12.2. The van der Waals surface area contributed by atoms with Crippen molar-refractivity contribution in [3.8, 4) is 0 Å². The van der Waals surface area contributed by atoms with Crippen LogP contribution in [0.25, 0.3) is 5.57 Å². The lowest BCUT2D eigenvalue weighted by Gasteiger charge is -2.21. The first kappa shape index (κ1) is 41.9. The van der Waals surface area contributed by atoms with Gasteiger partial charge in [0.2, 0.25) is 0 Å². The third kappa shape index (κ3) is 14.3. The molecule has 0 nitrogen and oxygen atoms in total. The van der Waals surface area contributed by atoms with E-state index in [2.05, 4.69) is 114 Å². The minimum atomic E-state index is 1.09.